The second-order valence-corrected chi connectivity index (χ2v) is 5.63. The summed E-state index contributed by atoms with van der Waals surface area (Å²) in [5.41, 5.74) is 10.3. The van der Waals surface area contributed by atoms with Crippen molar-refractivity contribution in [3.8, 4) is 5.69 Å². The summed E-state index contributed by atoms with van der Waals surface area (Å²) in [4.78, 5) is 13.6. The molecule has 0 fully saturated rings. The van der Waals surface area contributed by atoms with Gasteiger partial charge in [0.25, 0.3) is 0 Å². The lowest BCUT2D eigenvalue weighted by Gasteiger charge is -2.16. The predicted molar refractivity (Wildman–Crippen MR) is 77.8 cm³/mol. The minimum Gasteiger partial charge on any atom is -0.325 e. The van der Waals surface area contributed by atoms with Crippen molar-refractivity contribution in [1.82, 2.24) is 19.5 Å². The fourth-order valence-electron chi connectivity index (χ4n) is 2.73. The molecule has 0 saturated heterocycles. The van der Waals surface area contributed by atoms with Crippen molar-refractivity contribution in [2.45, 2.75) is 52.0 Å². The maximum absolute atomic E-state index is 5.88. The van der Waals surface area contributed by atoms with E-state index in [9.17, 15) is 0 Å². The Morgan fingerprint density at radius 3 is 2.80 bits per heavy atom. The van der Waals surface area contributed by atoms with Gasteiger partial charge in [-0.2, -0.15) is 0 Å². The SMILES string of the molecule is CC(C)c1ncc(-n2cnc3c2CCCC3)c(CN)n1. The zero-order valence-electron chi connectivity index (χ0n) is 12.1. The fourth-order valence-corrected chi connectivity index (χ4v) is 2.73. The van der Waals surface area contributed by atoms with Crippen LogP contribution in [0.5, 0.6) is 0 Å². The minimum absolute atomic E-state index is 0.311. The Kier molecular flexibility index (Phi) is 3.53. The molecular formula is C15H21N5. The highest BCUT2D eigenvalue weighted by Crippen LogP contribution is 2.24. The molecule has 0 unspecified atom stereocenters. The molecule has 0 atom stereocenters. The van der Waals surface area contributed by atoms with E-state index in [4.69, 9.17) is 5.73 Å². The van der Waals surface area contributed by atoms with Crippen LogP contribution >= 0.6 is 0 Å². The maximum atomic E-state index is 5.88. The number of nitrogens with two attached hydrogens (primary N) is 1. The summed E-state index contributed by atoms with van der Waals surface area (Å²) in [6, 6.07) is 0. The predicted octanol–water partition coefficient (Wildman–Crippen LogP) is 2.12. The van der Waals surface area contributed by atoms with E-state index < -0.39 is 0 Å². The van der Waals surface area contributed by atoms with Crippen LogP contribution in [0.1, 0.15) is 55.5 Å². The molecule has 5 nitrogen and oxygen atoms in total. The highest BCUT2D eigenvalue weighted by molar-refractivity contribution is 5.38. The van der Waals surface area contributed by atoms with Crippen LogP contribution in [-0.2, 0) is 19.4 Å². The van der Waals surface area contributed by atoms with Crippen LogP contribution in [0.25, 0.3) is 5.69 Å². The first-order valence-electron chi connectivity index (χ1n) is 7.32. The molecule has 0 aliphatic heterocycles. The van der Waals surface area contributed by atoms with E-state index in [1.807, 2.05) is 12.5 Å². The van der Waals surface area contributed by atoms with Crippen molar-refractivity contribution in [2.24, 2.45) is 5.73 Å². The van der Waals surface area contributed by atoms with Crippen molar-refractivity contribution in [2.75, 3.05) is 0 Å². The Morgan fingerprint density at radius 1 is 1.25 bits per heavy atom. The van der Waals surface area contributed by atoms with E-state index >= 15 is 0 Å². The van der Waals surface area contributed by atoms with Crippen LogP contribution in [0.15, 0.2) is 12.5 Å². The molecule has 0 aromatic carbocycles. The number of nitrogens with zero attached hydrogens (tertiary/aromatic N) is 4. The molecule has 20 heavy (non-hydrogen) atoms. The highest BCUT2D eigenvalue weighted by atomic mass is 15.1. The van der Waals surface area contributed by atoms with Crippen molar-refractivity contribution < 1.29 is 0 Å². The number of hydrogen-bond donors (Lipinski definition) is 1. The van der Waals surface area contributed by atoms with E-state index in [2.05, 4.69) is 33.4 Å². The minimum atomic E-state index is 0.311. The van der Waals surface area contributed by atoms with Gasteiger partial charge in [-0.05, 0) is 25.7 Å². The van der Waals surface area contributed by atoms with Crippen LogP contribution < -0.4 is 5.73 Å². The van der Waals surface area contributed by atoms with Gasteiger partial charge in [0.15, 0.2) is 0 Å². The van der Waals surface area contributed by atoms with E-state index in [0.29, 0.717) is 12.5 Å². The molecule has 1 aliphatic carbocycles. The lowest BCUT2D eigenvalue weighted by atomic mass is 10.0. The monoisotopic (exact) mass is 271 g/mol. The summed E-state index contributed by atoms with van der Waals surface area (Å²) in [6.07, 6.45) is 8.39. The topological polar surface area (TPSA) is 69.6 Å². The molecule has 2 heterocycles. The van der Waals surface area contributed by atoms with Gasteiger partial charge < -0.3 is 5.73 Å². The van der Waals surface area contributed by atoms with Crippen molar-refractivity contribution >= 4 is 0 Å². The zero-order chi connectivity index (χ0) is 14.1. The van der Waals surface area contributed by atoms with Crippen LogP contribution in [0, 0.1) is 0 Å². The average molecular weight is 271 g/mol. The molecular weight excluding hydrogens is 250 g/mol. The lowest BCUT2D eigenvalue weighted by molar-refractivity contribution is 0.653. The standard InChI is InChI=1S/C15H21N5/c1-10(2)15-17-8-14(12(7-16)19-15)20-9-18-11-5-3-4-6-13(11)20/h8-10H,3-7,16H2,1-2H3. The molecule has 0 spiro atoms. The van der Waals surface area contributed by atoms with E-state index in [1.165, 1.54) is 24.2 Å². The summed E-state index contributed by atoms with van der Waals surface area (Å²) in [6.45, 7) is 4.60. The first kappa shape index (κ1) is 13.2. The molecule has 0 radical (unpaired) electrons. The van der Waals surface area contributed by atoms with Gasteiger partial charge in [0.1, 0.15) is 5.82 Å². The van der Waals surface area contributed by atoms with E-state index in [1.54, 1.807) is 0 Å². The number of imidazole rings is 1. The third kappa shape index (κ3) is 2.22. The first-order chi connectivity index (χ1) is 9.70. The van der Waals surface area contributed by atoms with Crippen LogP contribution in [0.3, 0.4) is 0 Å². The smallest absolute Gasteiger partial charge is 0.131 e. The second-order valence-electron chi connectivity index (χ2n) is 5.63. The molecule has 1 aliphatic rings. The summed E-state index contributed by atoms with van der Waals surface area (Å²) < 4.78 is 2.13. The van der Waals surface area contributed by atoms with Crippen LogP contribution in [-0.4, -0.2) is 19.5 Å². The molecule has 106 valence electrons. The quantitative estimate of drug-likeness (QED) is 0.928. The van der Waals surface area contributed by atoms with Crippen molar-refractivity contribution in [3.05, 3.63) is 35.4 Å². The number of rotatable bonds is 3. The molecule has 2 aromatic rings. The second kappa shape index (κ2) is 5.32. The van der Waals surface area contributed by atoms with Gasteiger partial charge in [-0.15, -0.1) is 0 Å². The Bertz CT molecular complexity index is 615. The molecule has 0 bridgehead atoms. The molecule has 5 heteroatoms. The van der Waals surface area contributed by atoms with Gasteiger partial charge in [0.2, 0.25) is 0 Å². The van der Waals surface area contributed by atoms with Crippen molar-refractivity contribution in [1.29, 1.82) is 0 Å². The molecule has 2 aromatic heterocycles. The Hall–Kier alpha value is -1.75. The first-order valence-corrected chi connectivity index (χ1v) is 7.32. The summed E-state index contributed by atoms with van der Waals surface area (Å²) in [5, 5.41) is 0. The fraction of sp³-hybridized carbons (Fsp3) is 0.533. The van der Waals surface area contributed by atoms with Crippen molar-refractivity contribution in [3.63, 3.8) is 0 Å². The molecule has 3 rings (SSSR count). The van der Waals surface area contributed by atoms with Crippen LogP contribution in [0.2, 0.25) is 0 Å². The number of hydrogen-bond acceptors (Lipinski definition) is 4. The van der Waals surface area contributed by atoms with Gasteiger partial charge in [-0.3, -0.25) is 4.57 Å². The normalized spacial score (nSPS) is 14.6. The number of fused-ring (bicyclic) bond motifs is 1. The lowest BCUT2D eigenvalue weighted by Crippen LogP contribution is -2.13. The number of aryl methyl sites for hydroxylation is 1. The third-order valence-corrected chi connectivity index (χ3v) is 3.86. The highest BCUT2D eigenvalue weighted by Gasteiger charge is 2.18. The maximum Gasteiger partial charge on any atom is 0.131 e. The average Bonchev–Trinajstić information content (AvgIpc) is 2.90. The largest absolute Gasteiger partial charge is 0.325 e. The molecule has 2 N–H and O–H groups in total. The van der Waals surface area contributed by atoms with Gasteiger partial charge in [-0.1, -0.05) is 13.8 Å². The number of aromatic nitrogens is 4. The van der Waals surface area contributed by atoms with Gasteiger partial charge in [-0.25, -0.2) is 15.0 Å². The van der Waals surface area contributed by atoms with E-state index in [-0.39, 0.29) is 0 Å². The van der Waals surface area contributed by atoms with Gasteiger partial charge in [0.05, 0.1) is 29.6 Å². The Balaban J connectivity index is 2.08. The molecule has 0 saturated carbocycles. The third-order valence-electron chi connectivity index (χ3n) is 3.86. The van der Waals surface area contributed by atoms with Gasteiger partial charge >= 0.3 is 0 Å². The zero-order valence-corrected chi connectivity index (χ0v) is 12.1. The Morgan fingerprint density at radius 2 is 2.05 bits per heavy atom. The summed E-state index contributed by atoms with van der Waals surface area (Å²) in [5.74, 6) is 1.16. The molecule has 0 amide bonds. The van der Waals surface area contributed by atoms with Gasteiger partial charge in [0, 0.05) is 18.2 Å². The van der Waals surface area contributed by atoms with Crippen LogP contribution in [0.4, 0.5) is 0 Å². The van der Waals surface area contributed by atoms with E-state index in [0.717, 1.165) is 30.0 Å². The summed E-state index contributed by atoms with van der Waals surface area (Å²) >= 11 is 0. The Labute approximate surface area is 119 Å². The summed E-state index contributed by atoms with van der Waals surface area (Å²) in [7, 11) is 0.